The molecule has 1 aliphatic rings. The van der Waals surface area contributed by atoms with Crippen molar-refractivity contribution >= 4 is 46.2 Å². The first-order chi connectivity index (χ1) is 20.4. The zero-order valence-corrected chi connectivity index (χ0v) is 27.2. The number of amides is 3. The Balaban J connectivity index is 1.84. The SMILES string of the molecule is CC[C@H](C)[C@@H](CN(CC(=O)N[C@@H](CCSC)C(=O)OC(C)(C)C)Cc1cccc2ccccc12)NC(=O)[C@@H]1CCC(=O)N1. The lowest BCUT2D eigenvalue weighted by molar-refractivity contribution is -0.158. The van der Waals surface area contributed by atoms with Crippen molar-refractivity contribution in [2.24, 2.45) is 5.92 Å². The van der Waals surface area contributed by atoms with Crippen LogP contribution >= 0.6 is 11.8 Å². The van der Waals surface area contributed by atoms with E-state index >= 15 is 0 Å². The molecule has 0 unspecified atom stereocenters. The zero-order valence-electron chi connectivity index (χ0n) is 26.4. The molecule has 0 aliphatic carbocycles. The Bertz CT molecular complexity index is 1260. The van der Waals surface area contributed by atoms with Crippen LogP contribution in [0.3, 0.4) is 0 Å². The first-order valence-corrected chi connectivity index (χ1v) is 16.6. The van der Waals surface area contributed by atoms with E-state index in [9.17, 15) is 19.2 Å². The van der Waals surface area contributed by atoms with Crippen LogP contribution in [-0.2, 0) is 30.5 Å². The van der Waals surface area contributed by atoms with Crippen LogP contribution in [-0.4, -0.2) is 77.4 Å². The van der Waals surface area contributed by atoms with Gasteiger partial charge in [0.25, 0.3) is 0 Å². The van der Waals surface area contributed by atoms with Crippen LogP contribution in [0.4, 0.5) is 0 Å². The molecule has 3 amide bonds. The fourth-order valence-corrected chi connectivity index (χ4v) is 5.65. The maximum Gasteiger partial charge on any atom is 0.329 e. The molecule has 0 saturated carbocycles. The number of thioether (sulfide) groups is 1. The third-order valence-electron chi connectivity index (χ3n) is 7.70. The number of ether oxygens (including phenoxy) is 1. The summed E-state index contributed by atoms with van der Waals surface area (Å²) in [7, 11) is 0. The van der Waals surface area contributed by atoms with E-state index in [1.807, 2.05) is 50.1 Å². The van der Waals surface area contributed by atoms with Gasteiger partial charge in [-0.15, -0.1) is 0 Å². The van der Waals surface area contributed by atoms with Crippen LogP contribution in [0.1, 0.15) is 65.9 Å². The molecule has 3 N–H and O–H groups in total. The molecule has 3 rings (SSSR count). The van der Waals surface area contributed by atoms with Gasteiger partial charge in [-0.25, -0.2) is 4.79 Å². The van der Waals surface area contributed by atoms with E-state index in [0.29, 0.717) is 38.1 Å². The first-order valence-electron chi connectivity index (χ1n) is 15.2. The van der Waals surface area contributed by atoms with Gasteiger partial charge in [-0.05, 0) is 67.9 Å². The second-order valence-corrected chi connectivity index (χ2v) is 13.4. The van der Waals surface area contributed by atoms with Gasteiger partial charge in [0.05, 0.1) is 6.54 Å². The monoisotopic (exact) mass is 612 g/mol. The van der Waals surface area contributed by atoms with Gasteiger partial charge < -0.3 is 20.7 Å². The van der Waals surface area contributed by atoms with E-state index in [0.717, 1.165) is 22.8 Å². The summed E-state index contributed by atoms with van der Waals surface area (Å²) in [6.07, 6.45) is 4.06. The van der Waals surface area contributed by atoms with Crippen LogP contribution < -0.4 is 16.0 Å². The highest BCUT2D eigenvalue weighted by Gasteiger charge is 2.32. The molecular formula is C33H48N4O5S. The summed E-state index contributed by atoms with van der Waals surface area (Å²) < 4.78 is 5.60. The molecule has 10 heteroatoms. The fraction of sp³-hybridized carbons (Fsp3) is 0.576. The lowest BCUT2D eigenvalue weighted by atomic mass is 9.97. The summed E-state index contributed by atoms with van der Waals surface area (Å²) in [5.74, 6) is -0.226. The van der Waals surface area contributed by atoms with Crippen molar-refractivity contribution in [2.45, 2.75) is 90.6 Å². The Labute approximate surface area is 260 Å². The average Bonchev–Trinajstić information content (AvgIpc) is 3.40. The molecule has 1 fully saturated rings. The molecule has 236 valence electrons. The second kappa shape index (κ2) is 16.1. The Morgan fingerprint density at radius 1 is 1.12 bits per heavy atom. The molecule has 0 aromatic heterocycles. The van der Waals surface area contributed by atoms with E-state index in [-0.39, 0.29) is 36.2 Å². The largest absolute Gasteiger partial charge is 0.458 e. The molecule has 2 aromatic carbocycles. The zero-order chi connectivity index (χ0) is 31.6. The van der Waals surface area contributed by atoms with Crippen LogP contribution in [0.25, 0.3) is 10.8 Å². The fourth-order valence-electron chi connectivity index (χ4n) is 5.18. The van der Waals surface area contributed by atoms with Gasteiger partial charge in [0.1, 0.15) is 17.7 Å². The summed E-state index contributed by atoms with van der Waals surface area (Å²) >= 11 is 1.60. The molecular weight excluding hydrogens is 564 g/mol. The number of carbonyl (C=O) groups excluding carboxylic acids is 4. The normalized spacial score (nSPS) is 17.3. The van der Waals surface area contributed by atoms with Gasteiger partial charge in [0.2, 0.25) is 17.7 Å². The Kier molecular flexibility index (Phi) is 12.9. The highest BCUT2D eigenvalue weighted by atomic mass is 32.2. The number of hydrogen-bond acceptors (Lipinski definition) is 7. The van der Waals surface area contributed by atoms with Crippen molar-refractivity contribution in [3.8, 4) is 0 Å². The van der Waals surface area contributed by atoms with Crippen molar-refractivity contribution in [3.05, 3.63) is 48.0 Å². The number of nitrogens with zero attached hydrogens (tertiary/aromatic N) is 1. The van der Waals surface area contributed by atoms with Gasteiger partial charge in [-0.1, -0.05) is 62.7 Å². The molecule has 2 aromatic rings. The predicted molar refractivity (Wildman–Crippen MR) is 173 cm³/mol. The molecule has 0 spiro atoms. The number of hydrogen-bond donors (Lipinski definition) is 3. The standard InChI is InChI=1S/C33H48N4O5S/c1-7-22(2)28(36-31(40)26-15-16-29(38)34-26)20-37(19-24-13-10-12-23-11-8-9-14-25(23)24)21-30(39)35-27(17-18-43-6)32(41)42-33(3,4)5/h8-14,22,26-28H,7,15-21H2,1-6H3,(H,34,38)(H,35,39)(H,36,40)/t22-,26-,27-,28+/m0/s1. The summed E-state index contributed by atoms with van der Waals surface area (Å²) in [5.41, 5.74) is 0.398. The molecule has 0 bridgehead atoms. The topological polar surface area (TPSA) is 117 Å². The molecule has 43 heavy (non-hydrogen) atoms. The number of benzene rings is 2. The number of nitrogens with one attached hydrogen (secondary N) is 3. The number of rotatable bonds is 15. The molecule has 1 saturated heterocycles. The van der Waals surface area contributed by atoms with Crippen LogP contribution in [0.5, 0.6) is 0 Å². The summed E-state index contributed by atoms with van der Waals surface area (Å²) in [6.45, 7) is 10.5. The average molecular weight is 613 g/mol. The van der Waals surface area contributed by atoms with Crippen LogP contribution in [0.15, 0.2) is 42.5 Å². The van der Waals surface area contributed by atoms with Gasteiger partial charge in [-0.3, -0.25) is 19.3 Å². The van der Waals surface area contributed by atoms with Crippen LogP contribution in [0, 0.1) is 5.92 Å². The first kappa shape index (κ1) is 34.4. The Morgan fingerprint density at radius 3 is 2.49 bits per heavy atom. The summed E-state index contributed by atoms with van der Waals surface area (Å²) in [5, 5.41) is 11.1. The third kappa shape index (κ3) is 10.8. The molecule has 1 heterocycles. The minimum absolute atomic E-state index is 0.0325. The van der Waals surface area contributed by atoms with E-state index in [4.69, 9.17) is 4.74 Å². The molecule has 1 aliphatic heterocycles. The number of carbonyl (C=O) groups is 4. The number of fused-ring (bicyclic) bond motifs is 1. The van der Waals surface area contributed by atoms with Gasteiger partial charge in [0, 0.05) is 25.6 Å². The van der Waals surface area contributed by atoms with Gasteiger partial charge in [-0.2, -0.15) is 11.8 Å². The molecule has 9 nitrogen and oxygen atoms in total. The van der Waals surface area contributed by atoms with E-state index in [2.05, 4.69) is 54.1 Å². The Hall–Kier alpha value is -3.11. The Morgan fingerprint density at radius 2 is 1.84 bits per heavy atom. The number of esters is 1. The minimum Gasteiger partial charge on any atom is -0.458 e. The highest BCUT2D eigenvalue weighted by molar-refractivity contribution is 7.98. The quantitative estimate of drug-likeness (QED) is 0.260. The van der Waals surface area contributed by atoms with E-state index in [1.165, 1.54) is 0 Å². The highest BCUT2D eigenvalue weighted by Crippen LogP contribution is 2.21. The van der Waals surface area contributed by atoms with Gasteiger partial charge >= 0.3 is 5.97 Å². The van der Waals surface area contributed by atoms with Crippen LogP contribution in [0.2, 0.25) is 0 Å². The van der Waals surface area contributed by atoms with Crippen molar-refractivity contribution in [2.75, 3.05) is 25.1 Å². The van der Waals surface area contributed by atoms with Crippen molar-refractivity contribution in [3.63, 3.8) is 0 Å². The second-order valence-electron chi connectivity index (χ2n) is 12.4. The smallest absolute Gasteiger partial charge is 0.329 e. The van der Waals surface area contributed by atoms with E-state index in [1.54, 1.807) is 11.8 Å². The van der Waals surface area contributed by atoms with Gasteiger partial charge in [0.15, 0.2) is 0 Å². The summed E-state index contributed by atoms with van der Waals surface area (Å²) in [6, 6.07) is 12.7. The maximum absolute atomic E-state index is 13.5. The lowest BCUT2D eigenvalue weighted by Crippen LogP contribution is -2.53. The molecule has 0 radical (unpaired) electrons. The summed E-state index contributed by atoms with van der Waals surface area (Å²) in [4.78, 5) is 53.4. The van der Waals surface area contributed by atoms with Crippen molar-refractivity contribution in [1.29, 1.82) is 0 Å². The lowest BCUT2D eigenvalue weighted by Gasteiger charge is -2.32. The minimum atomic E-state index is -0.755. The van der Waals surface area contributed by atoms with E-state index < -0.39 is 23.7 Å². The van der Waals surface area contributed by atoms with Crippen molar-refractivity contribution in [1.82, 2.24) is 20.9 Å². The molecule has 4 atom stereocenters. The third-order valence-corrected chi connectivity index (χ3v) is 8.35. The predicted octanol–water partition coefficient (Wildman–Crippen LogP) is 4.03. The maximum atomic E-state index is 13.5. The van der Waals surface area contributed by atoms with Crippen molar-refractivity contribution < 1.29 is 23.9 Å².